The second-order valence-electron chi connectivity index (χ2n) is 1.33. The fraction of sp³-hybridized carbons (Fsp3) is 0.250. The van der Waals surface area contributed by atoms with E-state index in [0.29, 0.717) is 0 Å². The minimum atomic E-state index is -0.669. The minimum Gasteiger partial charge on any atom is -0.253 e. The Morgan fingerprint density at radius 1 is 1.88 bits per heavy atom. The van der Waals surface area contributed by atoms with E-state index in [4.69, 9.17) is 11.6 Å². The lowest BCUT2D eigenvalue weighted by molar-refractivity contribution is 0.552. The van der Waals surface area contributed by atoms with Gasteiger partial charge in [-0.15, -0.1) is 5.10 Å². The van der Waals surface area contributed by atoms with E-state index >= 15 is 0 Å². The van der Waals surface area contributed by atoms with Crippen LogP contribution in [0.5, 0.6) is 0 Å². The average Bonchev–Trinajstić information content (AvgIpc) is 1.85. The molecule has 0 N–H and O–H groups in total. The molecule has 4 heteroatoms. The van der Waals surface area contributed by atoms with Crippen LogP contribution in [-0.2, 0) is 7.05 Å². The Morgan fingerprint density at radius 3 is 2.62 bits per heavy atom. The number of aryl methyl sites for hydroxylation is 1. The normalized spacial score (nSPS) is 9.88. The maximum absolute atomic E-state index is 11.9. The summed E-state index contributed by atoms with van der Waals surface area (Å²) in [6.07, 6.45) is 0. The Kier molecular flexibility index (Phi) is 1.21. The predicted molar refractivity (Wildman–Crippen MR) is 27.0 cm³/mol. The van der Waals surface area contributed by atoms with Crippen LogP contribution in [0.3, 0.4) is 0 Å². The van der Waals surface area contributed by atoms with Crippen molar-refractivity contribution in [3.05, 3.63) is 17.2 Å². The zero-order chi connectivity index (χ0) is 6.15. The van der Waals surface area contributed by atoms with Crippen molar-refractivity contribution in [1.29, 1.82) is 0 Å². The van der Waals surface area contributed by atoms with Crippen LogP contribution in [0.25, 0.3) is 0 Å². The van der Waals surface area contributed by atoms with Crippen LogP contribution in [0.1, 0.15) is 0 Å². The third-order valence-electron chi connectivity index (χ3n) is 0.728. The van der Waals surface area contributed by atoms with Crippen molar-refractivity contribution in [2.45, 2.75) is 0 Å². The van der Waals surface area contributed by atoms with Crippen molar-refractivity contribution in [3.8, 4) is 0 Å². The first-order valence-electron chi connectivity index (χ1n) is 1.97. The van der Waals surface area contributed by atoms with Gasteiger partial charge < -0.3 is 0 Å². The quantitative estimate of drug-likeness (QED) is 0.517. The number of halogens is 2. The van der Waals surface area contributed by atoms with Crippen LogP contribution in [-0.4, -0.2) is 9.78 Å². The van der Waals surface area contributed by atoms with Crippen molar-refractivity contribution < 1.29 is 4.39 Å². The molecule has 43 valence electrons. The molecule has 0 aliphatic rings. The molecule has 1 rings (SSSR count). The molecule has 0 unspecified atom stereocenters. The van der Waals surface area contributed by atoms with Gasteiger partial charge in [-0.1, -0.05) is 11.6 Å². The Bertz CT molecular complexity index is 176. The summed E-state index contributed by atoms with van der Waals surface area (Å²) < 4.78 is 13.1. The zero-order valence-corrected chi connectivity index (χ0v) is 4.91. The summed E-state index contributed by atoms with van der Waals surface area (Å²) in [7, 11) is 1.54. The van der Waals surface area contributed by atoms with Crippen LogP contribution in [0.2, 0.25) is 5.15 Å². The third kappa shape index (κ3) is 0.816. The third-order valence-corrected chi connectivity index (χ3v) is 1.07. The van der Waals surface area contributed by atoms with Gasteiger partial charge in [0.2, 0.25) is 5.95 Å². The van der Waals surface area contributed by atoms with Gasteiger partial charge in [0.15, 0.2) is 0 Å². The fourth-order valence-electron chi connectivity index (χ4n) is 0.367. The molecule has 0 amide bonds. The van der Waals surface area contributed by atoms with Crippen LogP contribution < -0.4 is 0 Å². The lowest BCUT2D eigenvalue weighted by atomic mass is 10.7. The van der Waals surface area contributed by atoms with Crippen LogP contribution in [0.15, 0.2) is 0 Å². The molecule has 1 aromatic rings. The van der Waals surface area contributed by atoms with E-state index in [1.54, 1.807) is 7.05 Å². The first kappa shape index (κ1) is 5.56. The van der Waals surface area contributed by atoms with Gasteiger partial charge in [0.1, 0.15) is 5.15 Å². The summed E-state index contributed by atoms with van der Waals surface area (Å²) in [6.45, 7) is 0. The highest BCUT2D eigenvalue weighted by molar-refractivity contribution is 6.29. The van der Waals surface area contributed by atoms with Crippen molar-refractivity contribution in [2.75, 3.05) is 0 Å². The maximum atomic E-state index is 11.9. The summed E-state index contributed by atoms with van der Waals surface area (Å²) in [6, 6.07) is 2.16. The molecule has 0 bridgehead atoms. The summed E-state index contributed by atoms with van der Waals surface area (Å²) >= 11 is 5.33. The lowest BCUT2D eigenvalue weighted by Gasteiger charge is -1.83. The highest BCUT2D eigenvalue weighted by Gasteiger charge is 1.98. The summed E-state index contributed by atoms with van der Waals surface area (Å²) in [5, 5.41) is 3.46. The van der Waals surface area contributed by atoms with Gasteiger partial charge in [0, 0.05) is 7.05 Å². The molecular weight excluding hydrogens is 131 g/mol. The molecule has 0 aliphatic carbocycles. The number of aromatic nitrogens is 2. The molecule has 8 heavy (non-hydrogen) atoms. The standard InChI is InChI=1S/C4H3ClFN2/c1-8-3(5)2-4(6)7-8/h1H3. The lowest BCUT2D eigenvalue weighted by Crippen LogP contribution is -1.89. The predicted octanol–water partition coefficient (Wildman–Crippen LogP) is 1.01. The molecule has 1 heterocycles. The number of hydrogen-bond donors (Lipinski definition) is 0. The smallest absolute Gasteiger partial charge is 0.242 e. The molecule has 0 atom stereocenters. The molecule has 2 nitrogen and oxygen atoms in total. The number of hydrogen-bond acceptors (Lipinski definition) is 1. The van der Waals surface area contributed by atoms with Gasteiger partial charge in [-0.05, 0) is 0 Å². The van der Waals surface area contributed by atoms with Gasteiger partial charge in [-0.2, -0.15) is 4.39 Å². The molecule has 0 aromatic carbocycles. The molecule has 1 aromatic heterocycles. The van der Waals surface area contributed by atoms with E-state index in [0.717, 1.165) is 0 Å². The van der Waals surface area contributed by atoms with E-state index in [-0.39, 0.29) is 5.15 Å². The molecule has 0 aliphatic heterocycles. The molecule has 0 spiro atoms. The summed E-state index contributed by atoms with van der Waals surface area (Å²) in [5.41, 5.74) is 0. The highest BCUT2D eigenvalue weighted by Crippen LogP contribution is 2.05. The monoisotopic (exact) mass is 133 g/mol. The van der Waals surface area contributed by atoms with Crippen LogP contribution in [0, 0.1) is 12.0 Å². The Balaban J connectivity index is 3.14. The van der Waals surface area contributed by atoms with Gasteiger partial charge in [-0.3, -0.25) is 4.68 Å². The van der Waals surface area contributed by atoms with Crippen molar-refractivity contribution >= 4 is 11.6 Å². The van der Waals surface area contributed by atoms with Crippen LogP contribution in [0.4, 0.5) is 4.39 Å². The van der Waals surface area contributed by atoms with Crippen molar-refractivity contribution in [3.63, 3.8) is 0 Å². The largest absolute Gasteiger partial charge is 0.253 e. The van der Waals surface area contributed by atoms with Crippen LogP contribution >= 0.6 is 11.6 Å². The average molecular weight is 134 g/mol. The Labute approximate surface area is 50.9 Å². The van der Waals surface area contributed by atoms with E-state index < -0.39 is 5.95 Å². The minimum absolute atomic E-state index is 0.183. The second kappa shape index (κ2) is 1.74. The molecule has 0 fully saturated rings. The van der Waals surface area contributed by atoms with E-state index in [2.05, 4.69) is 11.2 Å². The highest BCUT2D eigenvalue weighted by atomic mass is 35.5. The number of nitrogens with zero attached hydrogens (tertiary/aromatic N) is 2. The first-order chi connectivity index (χ1) is 3.70. The van der Waals surface area contributed by atoms with Crippen molar-refractivity contribution in [2.24, 2.45) is 7.05 Å². The molecular formula is C4H3ClFN2. The van der Waals surface area contributed by atoms with Gasteiger partial charge in [0.05, 0.1) is 6.07 Å². The SMILES string of the molecule is Cn1nc(F)[c]c1Cl. The van der Waals surface area contributed by atoms with Crippen molar-refractivity contribution in [1.82, 2.24) is 9.78 Å². The fourth-order valence-corrected chi connectivity index (χ4v) is 0.482. The van der Waals surface area contributed by atoms with Gasteiger partial charge in [0.25, 0.3) is 0 Å². The zero-order valence-electron chi connectivity index (χ0n) is 4.15. The Morgan fingerprint density at radius 2 is 2.50 bits per heavy atom. The van der Waals surface area contributed by atoms with Gasteiger partial charge in [-0.25, -0.2) is 0 Å². The Hall–Kier alpha value is -0.570. The molecule has 0 saturated heterocycles. The summed E-state index contributed by atoms with van der Waals surface area (Å²) in [5.74, 6) is -0.669. The molecule has 1 radical (unpaired) electrons. The van der Waals surface area contributed by atoms with E-state index in [9.17, 15) is 4.39 Å². The summed E-state index contributed by atoms with van der Waals surface area (Å²) in [4.78, 5) is 0. The molecule has 0 saturated carbocycles. The number of rotatable bonds is 0. The van der Waals surface area contributed by atoms with Gasteiger partial charge >= 0.3 is 0 Å². The first-order valence-corrected chi connectivity index (χ1v) is 2.35. The van der Waals surface area contributed by atoms with E-state index in [1.807, 2.05) is 0 Å². The maximum Gasteiger partial charge on any atom is 0.242 e. The van der Waals surface area contributed by atoms with E-state index in [1.165, 1.54) is 4.68 Å². The second-order valence-corrected chi connectivity index (χ2v) is 1.69. The topological polar surface area (TPSA) is 17.8 Å².